The molecule has 112 valence electrons. The maximum atomic E-state index is 10.4. The average Bonchev–Trinajstić information content (AvgIpc) is 2.47. The van der Waals surface area contributed by atoms with Crippen LogP contribution in [0.1, 0.15) is 31.4 Å². The fraction of sp³-hybridized carbons (Fsp3) is 0.625. The van der Waals surface area contributed by atoms with Gasteiger partial charge in [0.25, 0.3) is 0 Å². The molecule has 1 heterocycles. The standard InChI is InChI=1S/C16H25NO3/c1-16(12-18)7-4-8-17(11-16)10-15(19)13-5-3-6-14(9-13)20-2/h3,5-6,9,15,18-19H,4,7-8,10-12H2,1-2H3. The quantitative estimate of drug-likeness (QED) is 0.863. The number of nitrogens with zero attached hydrogens (tertiary/aromatic N) is 1. The molecule has 4 heteroatoms. The van der Waals surface area contributed by atoms with Gasteiger partial charge in [-0.15, -0.1) is 0 Å². The summed E-state index contributed by atoms with van der Waals surface area (Å²) in [6.07, 6.45) is 1.60. The summed E-state index contributed by atoms with van der Waals surface area (Å²) in [7, 11) is 1.63. The molecule has 4 nitrogen and oxygen atoms in total. The Hall–Kier alpha value is -1.10. The minimum atomic E-state index is -0.522. The largest absolute Gasteiger partial charge is 0.497 e. The van der Waals surface area contributed by atoms with Crippen LogP contribution in [0.15, 0.2) is 24.3 Å². The molecule has 0 aliphatic carbocycles. The van der Waals surface area contributed by atoms with Gasteiger partial charge in [-0.2, -0.15) is 0 Å². The van der Waals surface area contributed by atoms with E-state index in [-0.39, 0.29) is 12.0 Å². The van der Waals surface area contributed by atoms with Crippen LogP contribution in [-0.2, 0) is 0 Å². The smallest absolute Gasteiger partial charge is 0.119 e. The predicted molar refractivity (Wildman–Crippen MR) is 78.8 cm³/mol. The number of likely N-dealkylation sites (tertiary alicyclic amines) is 1. The molecule has 0 saturated carbocycles. The number of piperidine rings is 1. The lowest BCUT2D eigenvalue weighted by Gasteiger charge is -2.40. The fourth-order valence-electron chi connectivity index (χ4n) is 2.91. The number of benzene rings is 1. The highest BCUT2D eigenvalue weighted by Gasteiger charge is 2.31. The molecule has 1 saturated heterocycles. The third kappa shape index (κ3) is 3.72. The highest BCUT2D eigenvalue weighted by atomic mass is 16.5. The second-order valence-electron chi connectivity index (χ2n) is 6.10. The van der Waals surface area contributed by atoms with E-state index >= 15 is 0 Å². The number of aliphatic hydroxyl groups is 2. The van der Waals surface area contributed by atoms with Crippen LogP contribution in [0.4, 0.5) is 0 Å². The molecule has 0 radical (unpaired) electrons. The first-order chi connectivity index (χ1) is 9.56. The Labute approximate surface area is 121 Å². The molecular weight excluding hydrogens is 254 g/mol. The molecule has 20 heavy (non-hydrogen) atoms. The van der Waals surface area contributed by atoms with Gasteiger partial charge in [-0.25, -0.2) is 0 Å². The Morgan fingerprint density at radius 3 is 2.95 bits per heavy atom. The first-order valence-corrected chi connectivity index (χ1v) is 7.21. The summed E-state index contributed by atoms with van der Waals surface area (Å²) < 4.78 is 5.19. The highest BCUT2D eigenvalue weighted by Crippen LogP contribution is 2.30. The fourth-order valence-corrected chi connectivity index (χ4v) is 2.91. The number of hydrogen-bond acceptors (Lipinski definition) is 4. The Bertz CT molecular complexity index is 437. The van der Waals surface area contributed by atoms with E-state index in [0.717, 1.165) is 37.2 Å². The third-order valence-electron chi connectivity index (χ3n) is 4.15. The molecule has 1 fully saturated rings. The van der Waals surface area contributed by atoms with Gasteiger partial charge in [0.05, 0.1) is 13.2 Å². The van der Waals surface area contributed by atoms with Crippen molar-refractivity contribution < 1.29 is 14.9 Å². The summed E-state index contributed by atoms with van der Waals surface area (Å²) >= 11 is 0. The van der Waals surface area contributed by atoms with E-state index in [1.165, 1.54) is 0 Å². The summed E-state index contributed by atoms with van der Waals surface area (Å²) in [5.74, 6) is 0.764. The summed E-state index contributed by atoms with van der Waals surface area (Å²) in [5.41, 5.74) is 0.840. The summed E-state index contributed by atoms with van der Waals surface area (Å²) in [4.78, 5) is 2.24. The normalized spacial score (nSPS) is 25.4. The van der Waals surface area contributed by atoms with Gasteiger partial charge in [0.1, 0.15) is 5.75 Å². The number of β-amino-alcohol motifs (C(OH)–C–C–N with tert-alkyl or cyclic N) is 1. The van der Waals surface area contributed by atoms with Gasteiger partial charge in [-0.05, 0) is 37.1 Å². The van der Waals surface area contributed by atoms with E-state index in [2.05, 4.69) is 11.8 Å². The summed E-state index contributed by atoms with van der Waals surface area (Å²) in [6, 6.07) is 7.56. The van der Waals surface area contributed by atoms with Crippen LogP contribution >= 0.6 is 0 Å². The van der Waals surface area contributed by atoms with E-state index in [1.54, 1.807) is 7.11 Å². The number of rotatable bonds is 5. The van der Waals surface area contributed by atoms with Gasteiger partial charge in [0.15, 0.2) is 0 Å². The molecule has 2 atom stereocenters. The minimum Gasteiger partial charge on any atom is -0.497 e. The lowest BCUT2D eigenvalue weighted by atomic mass is 9.82. The number of methoxy groups -OCH3 is 1. The topological polar surface area (TPSA) is 52.9 Å². The molecule has 0 spiro atoms. The van der Waals surface area contributed by atoms with E-state index in [0.29, 0.717) is 6.54 Å². The monoisotopic (exact) mass is 279 g/mol. The molecule has 1 aromatic rings. The number of aliphatic hydroxyl groups excluding tert-OH is 2. The molecular formula is C16H25NO3. The maximum absolute atomic E-state index is 10.4. The second-order valence-corrected chi connectivity index (χ2v) is 6.10. The van der Waals surface area contributed by atoms with Crippen LogP contribution in [0, 0.1) is 5.41 Å². The van der Waals surface area contributed by atoms with Gasteiger partial charge in [0, 0.05) is 25.1 Å². The van der Waals surface area contributed by atoms with Crippen molar-refractivity contribution >= 4 is 0 Å². The predicted octanol–water partition coefficient (Wildman–Crippen LogP) is 1.82. The first kappa shape index (κ1) is 15.3. The van der Waals surface area contributed by atoms with E-state index in [9.17, 15) is 10.2 Å². The SMILES string of the molecule is COc1cccc(C(O)CN2CCCC(C)(CO)C2)c1. The van der Waals surface area contributed by atoms with Gasteiger partial charge < -0.3 is 14.9 Å². The molecule has 0 bridgehead atoms. The van der Waals surface area contributed by atoms with Gasteiger partial charge >= 0.3 is 0 Å². The van der Waals surface area contributed by atoms with Crippen LogP contribution in [-0.4, -0.2) is 48.5 Å². The molecule has 0 aromatic heterocycles. The van der Waals surface area contributed by atoms with E-state index in [4.69, 9.17) is 4.74 Å². The molecule has 2 N–H and O–H groups in total. The van der Waals surface area contributed by atoms with Crippen LogP contribution < -0.4 is 4.74 Å². The van der Waals surface area contributed by atoms with Gasteiger partial charge in [-0.3, -0.25) is 4.90 Å². The van der Waals surface area contributed by atoms with Crippen molar-refractivity contribution in [1.82, 2.24) is 4.90 Å². The summed E-state index contributed by atoms with van der Waals surface area (Å²) in [5, 5.41) is 19.9. The molecule has 0 amide bonds. The van der Waals surface area contributed by atoms with Crippen molar-refractivity contribution in [2.75, 3.05) is 33.4 Å². The van der Waals surface area contributed by atoms with Crippen molar-refractivity contribution in [2.24, 2.45) is 5.41 Å². The van der Waals surface area contributed by atoms with E-state index in [1.807, 2.05) is 24.3 Å². The Balaban J connectivity index is 1.98. The Morgan fingerprint density at radius 1 is 1.45 bits per heavy atom. The Morgan fingerprint density at radius 2 is 2.25 bits per heavy atom. The molecule has 1 aromatic carbocycles. The van der Waals surface area contributed by atoms with Crippen LogP contribution in [0.5, 0.6) is 5.75 Å². The lowest BCUT2D eigenvalue weighted by molar-refractivity contribution is 0.0210. The zero-order valence-corrected chi connectivity index (χ0v) is 12.4. The molecule has 1 aliphatic heterocycles. The average molecular weight is 279 g/mol. The molecule has 2 rings (SSSR count). The zero-order chi connectivity index (χ0) is 14.6. The highest BCUT2D eigenvalue weighted by molar-refractivity contribution is 5.29. The van der Waals surface area contributed by atoms with Crippen molar-refractivity contribution in [3.8, 4) is 5.75 Å². The van der Waals surface area contributed by atoms with Crippen LogP contribution in [0.3, 0.4) is 0 Å². The van der Waals surface area contributed by atoms with Crippen LogP contribution in [0.2, 0.25) is 0 Å². The van der Waals surface area contributed by atoms with Crippen molar-refractivity contribution in [3.05, 3.63) is 29.8 Å². The van der Waals surface area contributed by atoms with Crippen molar-refractivity contribution in [1.29, 1.82) is 0 Å². The van der Waals surface area contributed by atoms with Gasteiger partial charge in [0.2, 0.25) is 0 Å². The third-order valence-corrected chi connectivity index (χ3v) is 4.15. The minimum absolute atomic E-state index is 0.0354. The van der Waals surface area contributed by atoms with Crippen molar-refractivity contribution in [2.45, 2.75) is 25.9 Å². The molecule has 2 unspecified atom stereocenters. The lowest BCUT2D eigenvalue weighted by Crippen LogP contribution is -2.45. The first-order valence-electron chi connectivity index (χ1n) is 7.21. The number of hydrogen-bond donors (Lipinski definition) is 2. The van der Waals surface area contributed by atoms with Crippen molar-refractivity contribution in [3.63, 3.8) is 0 Å². The molecule has 1 aliphatic rings. The maximum Gasteiger partial charge on any atom is 0.119 e. The number of ether oxygens (including phenoxy) is 1. The van der Waals surface area contributed by atoms with Gasteiger partial charge in [-0.1, -0.05) is 19.1 Å². The van der Waals surface area contributed by atoms with E-state index < -0.39 is 6.10 Å². The van der Waals surface area contributed by atoms with Crippen LogP contribution in [0.25, 0.3) is 0 Å². The zero-order valence-electron chi connectivity index (χ0n) is 12.4. The summed E-state index contributed by atoms with van der Waals surface area (Å²) in [6.45, 7) is 4.74. The Kier molecular flexibility index (Phi) is 5.02. The second kappa shape index (κ2) is 6.57.